The molecule has 1 saturated heterocycles. The number of carbonyl (C=O) groups excluding carboxylic acids is 1. The van der Waals surface area contributed by atoms with Crippen LogP contribution >= 0.6 is 0 Å². The maximum Gasteiger partial charge on any atom is 0.416 e. The summed E-state index contributed by atoms with van der Waals surface area (Å²) in [5, 5.41) is 16.6. The molecule has 0 radical (unpaired) electrons. The van der Waals surface area contributed by atoms with Gasteiger partial charge in [-0.25, -0.2) is 0 Å². The van der Waals surface area contributed by atoms with E-state index in [4.69, 9.17) is 0 Å². The lowest BCUT2D eigenvalue weighted by Gasteiger charge is -2.23. The Balaban J connectivity index is 2.25. The van der Waals surface area contributed by atoms with Crippen LogP contribution in [0.3, 0.4) is 0 Å². The fraction of sp³-hybridized carbons (Fsp3) is 0.462. The normalized spacial score (nSPS) is 18.8. The summed E-state index contributed by atoms with van der Waals surface area (Å²) in [6, 6.07) is 1.70. The van der Waals surface area contributed by atoms with Gasteiger partial charge in [0.15, 0.2) is 0 Å². The molecular weight excluding hydrogens is 303 g/mol. The highest BCUT2D eigenvalue weighted by atomic mass is 19.4. The van der Waals surface area contributed by atoms with Crippen molar-refractivity contribution in [3.05, 3.63) is 39.4 Å². The third kappa shape index (κ3) is 3.73. The van der Waals surface area contributed by atoms with Gasteiger partial charge in [0, 0.05) is 18.7 Å². The van der Waals surface area contributed by atoms with E-state index in [0.717, 1.165) is 19.0 Å². The summed E-state index contributed by atoms with van der Waals surface area (Å²) in [6.45, 7) is 1.35. The number of carbonyl (C=O) groups is 1. The van der Waals surface area contributed by atoms with Gasteiger partial charge in [-0.1, -0.05) is 0 Å². The summed E-state index contributed by atoms with van der Waals surface area (Å²) in [5.74, 6) is -0.742. The molecule has 1 aromatic carbocycles. The summed E-state index contributed by atoms with van der Waals surface area (Å²) in [5.41, 5.74) is -2.38. The second-order valence-corrected chi connectivity index (χ2v) is 5.00. The Morgan fingerprint density at radius 3 is 2.68 bits per heavy atom. The number of halogens is 3. The number of alkyl halides is 3. The van der Waals surface area contributed by atoms with Crippen LogP contribution in [-0.4, -0.2) is 30.0 Å². The lowest BCUT2D eigenvalue weighted by atomic mass is 10.0. The van der Waals surface area contributed by atoms with Gasteiger partial charge in [0.2, 0.25) is 0 Å². The van der Waals surface area contributed by atoms with Gasteiger partial charge < -0.3 is 10.6 Å². The van der Waals surface area contributed by atoms with Crippen LogP contribution in [0, 0.1) is 10.1 Å². The number of benzene rings is 1. The van der Waals surface area contributed by atoms with Gasteiger partial charge in [-0.15, -0.1) is 0 Å². The summed E-state index contributed by atoms with van der Waals surface area (Å²) in [6.07, 6.45) is -3.14. The lowest BCUT2D eigenvalue weighted by molar-refractivity contribution is -0.385. The average Bonchev–Trinajstić information content (AvgIpc) is 2.46. The van der Waals surface area contributed by atoms with Gasteiger partial charge in [-0.05, 0) is 31.5 Å². The number of amides is 1. The maximum atomic E-state index is 12.6. The van der Waals surface area contributed by atoms with Gasteiger partial charge in [0.05, 0.1) is 10.5 Å². The number of hydrogen-bond acceptors (Lipinski definition) is 4. The summed E-state index contributed by atoms with van der Waals surface area (Å²) < 4.78 is 37.8. The SMILES string of the molecule is O=C(NC1CCCNC1)c1ccc(C(F)(F)F)cc1[N+](=O)[O-]. The van der Waals surface area contributed by atoms with Crippen LogP contribution in [-0.2, 0) is 6.18 Å². The number of nitro groups is 1. The van der Waals surface area contributed by atoms with Gasteiger partial charge in [0.1, 0.15) is 5.56 Å². The molecule has 1 aliphatic rings. The quantitative estimate of drug-likeness (QED) is 0.660. The van der Waals surface area contributed by atoms with Crippen molar-refractivity contribution in [3.63, 3.8) is 0 Å². The molecule has 9 heteroatoms. The first kappa shape index (κ1) is 16.2. The van der Waals surface area contributed by atoms with E-state index in [2.05, 4.69) is 10.6 Å². The Morgan fingerprint density at radius 1 is 1.41 bits per heavy atom. The van der Waals surface area contributed by atoms with Crippen LogP contribution in [0.15, 0.2) is 18.2 Å². The second-order valence-electron chi connectivity index (χ2n) is 5.00. The maximum absolute atomic E-state index is 12.6. The molecule has 0 aromatic heterocycles. The van der Waals surface area contributed by atoms with E-state index in [0.29, 0.717) is 25.1 Å². The average molecular weight is 317 g/mol. The molecule has 1 unspecified atom stereocenters. The molecular formula is C13H14F3N3O3. The Bertz CT molecular complexity index is 584. The standard InChI is InChI=1S/C13H14F3N3O3/c14-13(15,16)8-3-4-10(11(6-8)19(21)22)12(20)18-9-2-1-5-17-7-9/h3-4,6,9,17H,1-2,5,7H2,(H,18,20). The van der Waals surface area contributed by atoms with E-state index >= 15 is 0 Å². The monoisotopic (exact) mass is 317 g/mol. The molecule has 2 N–H and O–H groups in total. The highest BCUT2D eigenvalue weighted by Gasteiger charge is 2.34. The van der Waals surface area contributed by atoms with Gasteiger partial charge >= 0.3 is 6.18 Å². The number of nitrogens with zero attached hydrogens (tertiary/aromatic N) is 1. The molecule has 6 nitrogen and oxygen atoms in total. The first-order chi connectivity index (χ1) is 10.3. The zero-order chi connectivity index (χ0) is 16.3. The fourth-order valence-corrected chi connectivity index (χ4v) is 2.29. The number of hydrogen-bond donors (Lipinski definition) is 2. The molecule has 22 heavy (non-hydrogen) atoms. The number of piperidine rings is 1. The largest absolute Gasteiger partial charge is 0.416 e. The second kappa shape index (κ2) is 6.30. The molecule has 2 rings (SSSR count). The van der Waals surface area contributed by atoms with Gasteiger partial charge in [0.25, 0.3) is 11.6 Å². The fourth-order valence-electron chi connectivity index (χ4n) is 2.29. The number of nitro benzene ring substituents is 1. The summed E-state index contributed by atoms with van der Waals surface area (Å²) in [7, 11) is 0. The van der Waals surface area contributed by atoms with Crippen molar-refractivity contribution in [1.82, 2.24) is 10.6 Å². The molecule has 1 atom stereocenters. The molecule has 0 bridgehead atoms. The van der Waals surface area contributed by atoms with Crippen molar-refractivity contribution in [2.75, 3.05) is 13.1 Å². The van der Waals surface area contributed by atoms with Gasteiger partial charge in [-0.3, -0.25) is 14.9 Å². The van der Waals surface area contributed by atoms with E-state index in [1.165, 1.54) is 0 Å². The van der Waals surface area contributed by atoms with Crippen LogP contribution in [0.4, 0.5) is 18.9 Å². The molecule has 1 heterocycles. The number of nitrogens with one attached hydrogen (secondary N) is 2. The van der Waals surface area contributed by atoms with Crippen molar-refractivity contribution in [2.24, 2.45) is 0 Å². The number of rotatable bonds is 3. The van der Waals surface area contributed by atoms with Crippen LogP contribution in [0.5, 0.6) is 0 Å². The highest BCUT2D eigenvalue weighted by Crippen LogP contribution is 2.33. The first-order valence-corrected chi connectivity index (χ1v) is 6.66. The van der Waals surface area contributed by atoms with Crippen LogP contribution in [0.2, 0.25) is 0 Å². The van der Waals surface area contributed by atoms with E-state index in [1.54, 1.807) is 0 Å². The molecule has 0 aliphatic carbocycles. The molecule has 1 fully saturated rings. The van der Waals surface area contributed by atoms with Crippen molar-refractivity contribution in [3.8, 4) is 0 Å². The molecule has 0 saturated carbocycles. The summed E-state index contributed by atoms with van der Waals surface area (Å²) >= 11 is 0. The predicted molar refractivity (Wildman–Crippen MR) is 71.5 cm³/mol. The topological polar surface area (TPSA) is 84.3 Å². The molecule has 0 spiro atoms. The summed E-state index contributed by atoms with van der Waals surface area (Å²) in [4.78, 5) is 22.0. The first-order valence-electron chi connectivity index (χ1n) is 6.66. The van der Waals surface area contributed by atoms with E-state index in [1.807, 2.05) is 0 Å². The smallest absolute Gasteiger partial charge is 0.348 e. The third-order valence-electron chi connectivity index (χ3n) is 3.40. The Hall–Kier alpha value is -2.16. The Morgan fingerprint density at radius 2 is 2.14 bits per heavy atom. The van der Waals surface area contributed by atoms with E-state index in [9.17, 15) is 28.1 Å². The van der Waals surface area contributed by atoms with Crippen LogP contribution in [0.25, 0.3) is 0 Å². The lowest BCUT2D eigenvalue weighted by Crippen LogP contribution is -2.45. The molecule has 1 aliphatic heterocycles. The Kier molecular flexibility index (Phi) is 4.65. The van der Waals surface area contributed by atoms with Crippen LogP contribution < -0.4 is 10.6 Å². The third-order valence-corrected chi connectivity index (χ3v) is 3.40. The minimum absolute atomic E-state index is 0.192. The van der Waals surface area contributed by atoms with Crippen molar-refractivity contribution in [2.45, 2.75) is 25.1 Å². The van der Waals surface area contributed by atoms with E-state index in [-0.39, 0.29) is 11.6 Å². The van der Waals surface area contributed by atoms with Crippen molar-refractivity contribution < 1.29 is 22.9 Å². The molecule has 1 amide bonds. The minimum Gasteiger partial charge on any atom is -0.348 e. The van der Waals surface area contributed by atoms with Crippen molar-refractivity contribution in [1.29, 1.82) is 0 Å². The minimum atomic E-state index is -4.70. The molecule has 1 aromatic rings. The van der Waals surface area contributed by atoms with Crippen molar-refractivity contribution >= 4 is 11.6 Å². The van der Waals surface area contributed by atoms with Crippen LogP contribution in [0.1, 0.15) is 28.8 Å². The van der Waals surface area contributed by atoms with Gasteiger partial charge in [-0.2, -0.15) is 13.2 Å². The zero-order valence-electron chi connectivity index (χ0n) is 11.4. The predicted octanol–water partition coefficient (Wildman–Crippen LogP) is 2.10. The zero-order valence-corrected chi connectivity index (χ0v) is 11.4. The molecule has 120 valence electrons. The van der Waals surface area contributed by atoms with E-state index < -0.39 is 28.3 Å². The Labute approximate surface area is 123 Å². The highest BCUT2D eigenvalue weighted by molar-refractivity contribution is 5.98.